The normalized spacial score (nSPS) is 10.6. The largest absolute Gasteiger partial charge is 0.478 e. The van der Waals surface area contributed by atoms with Gasteiger partial charge in [0, 0.05) is 70.7 Å². The molecule has 33 heavy (non-hydrogen) atoms. The van der Waals surface area contributed by atoms with Crippen molar-refractivity contribution in [2.45, 2.75) is 27.2 Å². The van der Waals surface area contributed by atoms with E-state index in [1.165, 1.54) is 5.39 Å². The maximum absolute atomic E-state index is 5.74. The standard InChI is InChI=1S/C25H22N4O2.C2H6/c1-17-3-7-24(27-14-17)30-11-2-12-31-25-8-5-19(15-28-25)18-4-6-20-21-16-26-10-9-22(21)29-23(20)13-18;1-2/h3-10,13-16,29H,2,11-12H2,1H3;1-2H3. The Morgan fingerprint density at radius 3 is 2.15 bits per heavy atom. The highest BCUT2D eigenvalue weighted by Gasteiger charge is 2.07. The number of nitrogens with zero attached hydrogens (tertiary/aromatic N) is 3. The second kappa shape index (κ2) is 10.6. The summed E-state index contributed by atoms with van der Waals surface area (Å²) in [5.74, 6) is 1.24. The first-order valence-electron chi connectivity index (χ1n) is 11.3. The van der Waals surface area contributed by atoms with E-state index in [2.05, 4.69) is 38.1 Å². The lowest BCUT2D eigenvalue weighted by Crippen LogP contribution is -2.06. The third-order valence-electron chi connectivity index (χ3n) is 5.14. The smallest absolute Gasteiger partial charge is 0.213 e. The average molecular weight is 441 g/mol. The Labute approximate surface area is 193 Å². The molecule has 0 aliphatic heterocycles. The predicted molar refractivity (Wildman–Crippen MR) is 133 cm³/mol. The summed E-state index contributed by atoms with van der Waals surface area (Å²) in [6, 6.07) is 16.2. The molecule has 0 saturated heterocycles. The molecule has 5 rings (SSSR count). The zero-order valence-corrected chi connectivity index (χ0v) is 19.2. The molecule has 168 valence electrons. The van der Waals surface area contributed by atoms with E-state index in [0.717, 1.165) is 39.5 Å². The summed E-state index contributed by atoms with van der Waals surface area (Å²) in [4.78, 5) is 16.3. The number of rotatable bonds is 7. The number of benzene rings is 1. The van der Waals surface area contributed by atoms with Crippen molar-refractivity contribution in [3.63, 3.8) is 0 Å². The first kappa shape index (κ1) is 22.3. The van der Waals surface area contributed by atoms with Crippen LogP contribution in [0.2, 0.25) is 0 Å². The molecule has 0 radical (unpaired) electrons. The monoisotopic (exact) mass is 440 g/mol. The first-order chi connectivity index (χ1) is 16.3. The molecule has 5 aromatic rings. The van der Waals surface area contributed by atoms with Crippen LogP contribution in [0, 0.1) is 6.92 Å². The minimum Gasteiger partial charge on any atom is -0.478 e. The van der Waals surface area contributed by atoms with Crippen molar-refractivity contribution in [2.24, 2.45) is 0 Å². The molecule has 0 amide bonds. The number of pyridine rings is 3. The van der Waals surface area contributed by atoms with E-state index in [-0.39, 0.29) is 0 Å². The minimum atomic E-state index is 0.535. The Kier molecular flexibility index (Phi) is 7.15. The lowest BCUT2D eigenvalue weighted by Gasteiger charge is -2.08. The number of aromatic nitrogens is 4. The van der Waals surface area contributed by atoms with E-state index in [1.54, 1.807) is 12.4 Å². The van der Waals surface area contributed by atoms with Gasteiger partial charge in [-0.2, -0.15) is 0 Å². The second-order valence-corrected chi connectivity index (χ2v) is 7.42. The van der Waals surface area contributed by atoms with Crippen LogP contribution in [0.4, 0.5) is 0 Å². The summed E-state index contributed by atoms with van der Waals surface area (Å²) >= 11 is 0. The number of H-pyrrole nitrogens is 1. The Balaban J connectivity index is 0.00000126. The van der Waals surface area contributed by atoms with Crippen molar-refractivity contribution in [1.29, 1.82) is 0 Å². The van der Waals surface area contributed by atoms with Gasteiger partial charge in [-0.1, -0.05) is 32.0 Å². The Hall–Kier alpha value is -3.93. The van der Waals surface area contributed by atoms with Gasteiger partial charge in [0.2, 0.25) is 11.8 Å². The molecular formula is C27H28N4O2. The number of fused-ring (bicyclic) bond motifs is 3. The van der Waals surface area contributed by atoms with Crippen molar-refractivity contribution in [3.05, 3.63) is 78.9 Å². The number of hydrogen-bond acceptors (Lipinski definition) is 5. The quantitative estimate of drug-likeness (QED) is 0.298. The van der Waals surface area contributed by atoms with Crippen LogP contribution in [0.15, 0.2) is 73.3 Å². The maximum atomic E-state index is 5.74. The number of aryl methyl sites for hydroxylation is 1. The SMILES string of the molecule is CC.Cc1ccc(OCCCOc2ccc(-c3ccc4c(c3)[nH]c3ccncc34)cn2)nc1. The molecule has 1 aromatic carbocycles. The number of ether oxygens (including phenoxy) is 2. The van der Waals surface area contributed by atoms with E-state index >= 15 is 0 Å². The Morgan fingerprint density at radius 1 is 0.727 bits per heavy atom. The molecule has 0 unspecified atom stereocenters. The highest BCUT2D eigenvalue weighted by molar-refractivity contribution is 6.07. The molecule has 0 saturated carbocycles. The third-order valence-corrected chi connectivity index (χ3v) is 5.14. The predicted octanol–water partition coefficient (Wildman–Crippen LogP) is 6.36. The zero-order chi connectivity index (χ0) is 23.0. The first-order valence-corrected chi connectivity index (χ1v) is 11.3. The summed E-state index contributed by atoms with van der Waals surface area (Å²) in [6.07, 6.45) is 8.08. The van der Waals surface area contributed by atoms with E-state index in [9.17, 15) is 0 Å². The second-order valence-electron chi connectivity index (χ2n) is 7.42. The van der Waals surface area contributed by atoms with Gasteiger partial charge in [-0.25, -0.2) is 9.97 Å². The van der Waals surface area contributed by atoms with E-state index in [1.807, 2.05) is 63.5 Å². The third kappa shape index (κ3) is 5.29. The van der Waals surface area contributed by atoms with E-state index in [4.69, 9.17) is 9.47 Å². The zero-order valence-electron chi connectivity index (χ0n) is 19.2. The molecule has 0 bridgehead atoms. The molecule has 4 aromatic heterocycles. The van der Waals surface area contributed by atoms with Crippen LogP contribution in [0.25, 0.3) is 32.9 Å². The summed E-state index contributed by atoms with van der Waals surface area (Å²) < 4.78 is 11.4. The molecule has 0 aliphatic rings. The van der Waals surface area contributed by atoms with Gasteiger partial charge in [0.15, 0.2) is 0 Å². The summed E-state index contributed by atoms with van der Waals surface area (Å²) in [6.45, 7) is 7.09. The number of nitrogens with one attached hydrogen (secondary N) is 1. The van der Waals surface area contributed by atoms with E-state index in [0.29, 0.717) is 25.0 Å². The minimum absolute atomic E-state index is 0.535. The molecule has 0 aliphatic carbocycles. The lowest BCUT2D eigenvalue weighted by atomic mass is 10.1. The van der Waals surface area contributed by atoms with E-state index < -0.39 is 0 Å². The van der Waals surface area contributed by atoms with Crippen LogP contribution in [0.5, 0.6) is 11.8 Å². The summed E-state index contributed by atoms with van der Waals surface area (Å²) in [5, 5.41) is 2.30. The molecule has 4 heterocycles. The van der Waals surface area contributed by atoms with Gasteiger partial charge < -0.3 is 14.5 Å². The van der Waals surface area contributed by atoms with Crippen LogP contribution in [0.1, 0.15) is 25.8 Å². The molecule has 0 spiro atoms. The van der Waals surface area contributed by atoms with Crippen molar-refractivity contribution < 1.29 is 9.47 Å². The number of hydrogen-bond donors (Lipinski definition) is 1. The molecular weight excluding hydrogens is 412 g/mol. The van der Waals surface area contributed by atoms with Crippen molar-refractivity contribution in [3.8, 4) is 22.9 Å². The van der Waals surface area contributed by atoms with Gasteiger partial charge in [0.05, 0.1) is 13.2 Å². The molecule has 0 fully saturated rings. The molecule has 1 N–H and O–H groups in total. The summed E-state index contributed by atoms with van der Waals surface area (Å²) in [5.41, 5.74) is 5.43. The highest BCUT2D eigenvalue weighted by atomic mass is 16.5. The van der Waals surface area contributed by atoms with Crippen LogP contribution in [-0.2, 0) is 0 Å². The van der Waals surface area contributed by atoms with Crippen LogP contribution >= 0.6 is 0 Å². The van der Waals surface area contributed by atoms with Crippen molar-refractivity contribution in [1.82, 2.24) is 19.9 Å². The lowest BCUT2D eigenvalue weighted by molar-refractivity contribution is 0.237. The van der Waals surface area contributed by atoms with Gasteiger partial charge >= 0.3 is 0 Å². The van der Waals surface area contributed by atoms with Gasteiger partial charge in [0.1, 0.15) is 0 Å². The fourth-order valence-electron chi connectivity index (χ4n) is 3.51. The van der Waals surface area contributed by atoms with Gasteiger partial charge in [-0.15, -0.1) is 0 Å². The fraction of sp³-hybridized carbons (Fsp3) is 0.222. The Bertz CT molecular complexity index is 1310. The summed E-state index contributed by atoms with van der Waals surface area (Å²) in [7, 11) is 0. The highest BCUT2D eigenvalue weighted by Crippen LogP contribution is 2.29. The van der Waals surface area contributed by atoms with Crippen molar-refractivity contribution in [2.75, 3.05) is 13.2 Å². The van der Waals surface area contributed by atoms with Gasteiger partial charge in [-0.05, 0) is 36.2 Å². The Morgan fingerprint density at radius 2 is 1.45 bits per heavy atom. The van der Waals surface area contributed by atoms with Crippen LogP contribution in [-0.4, -0.2) is 33.1 Å². The van der Waals surface area contributed by atoms with Crippen molar-refractivity contribution >= 4 is 21.8 Å². The van der Waals surface area contributed by atoms with Gasteiger partial charge in [-0.3, -0.25) is 4.98 Å². The molecule has 6 heteroatoms. The number of aromatic amines is 1. The topological polar surface area (TPSA) is 72.9 Å². The molecule has 0 atom stereocenters. The average Bonchev–Trinajstić information content (AvgIpc) is 3.24. The fourth-order valence-corrected chi connectivity index (χ4v) is 3.51. The van der Waals surface area contributed by atoms with Crippen LogP contribution < -0.4 is 9.47 Å². The molecule has 6 nitrogen and oxygen atoms in total. The van der Waals surface area contributed by atoms with Crippen LogP contribution in [0.3, 0.4) is 0 Å². The maximum Gasteiger partial charge on any atom is 0.213 e. The van der Waals surface area contributed by atoms with Gasteiger partial charge in [0.25, 0.3) is 0 Å².